The van der Waals surface area contributed by atoms with Crippen molar-refractivity contribution in [2.75, 3.05) is 5.94 Å². The molecule has 1 spiro atoms. The van der Waals surface area contributed by atoms with E-state index in [0.717, 1.165) is 0 Å². The quantitative estimate of drug-likeness (QED) is 0.302. The Kier molecular flexibility index (Phi) is 4.98. The molecule has 0 saturated carbocycles. The molecule has 1 aromatic carbocycles. The summed E-state index contributed by atoms with van der Waals surface area (Å²) in [6, 6.07) is 6.93. The summed E-state index contributed by atoms with van der Waals surface area (Å²) in [4.78, 5) is 0. The molecule has 4 rings (SSSR count). The molecule has 0 N–H and O–H groups in total. The van der Waals surface area contributed by atoms with Gasteiger partial charge in [-0.3, -0.25) is 0 Å². The molecule has 1 unspecified atom stereocenters. The molecule has 3 aliphatic rings. The van der Waals surface area contributed by atoms with Crippen molar-refractivity contribution < 1.29 is 8.92 Å². The van der Waals surface area contributed by atoms with Crippen molar-refractivity contribution >= 4 is 63.5 Å². The van der Waals surface area contributed by atoms with Crippen LogP contribution in [0.4, 0.5) is 0 Å². The van der Waals surface area contributed by atoms with Crippen LogP contribution in [0.5, 0.6) is 0 Å². The van der Waals surface area contributed by atoms with Crippen LogP contribution < -0.4 is 0 Å². The summed E-state index contributed by atoms with van der Waals surface area (Å²) in [5.41, 5.74) is 5.58. The monoisotopic (exact) mass is 398 g/mol. The maximum absolute atomic E-state index is 6.28. The number of ether oxygens (including phenoxy) is 1. The van der Waals surface area contributed by atoms with Gasteiger partial charge in [0.05, 0.1) is 0 Å². The zero-order valence-corrected chi connectivity index (χ0v) is 21.0. The van der Waals surface area contributed by atoms with Gasteiger partial charge >= 0.3 is 183 Å². The third-order valence-electron chi connectivity index (χ3n) is 5.71. The predicted molar refractivity (Wildman–Crippen MR) is 109 cm³/mol. The zero-order valence-electron chi connectivity index (χ0n) is 16.2. The molecule has 2 aliphatic heterocycles. The average Bonchev–Trinajstić information content (AvgIpc) is 3.11. The summed E-state index contributed by atoms with van der Waals surface area (Å²) in [6.07, 6.45) is 2.45. The van der Waals surface area contributed by atoms with E-state index in [9.17, 15) is 0 Å². The summed E-state index contributed by atoms with van der Waals surface area (Å²) >= 11 is 0.351. The summed E-state index contributed by atoms with van der Waals surface area (Å²) in [6.45, 7) is 13.8. The van der Waals surface area contributed by atoms with Crippen molar-refractivity contribution in [3.8, 4) is 0 Å². The molecule has 2 heterocycles. The third kappa shape index (κ3) is 3.20. The Morgan fingerprint density at radius 1 is 1.12 bits per heavy atom. The minimum absolute atomic E-state index is 0.120. The fourth-order valence-electron chi connectivity index (χ4n) is 3.89. The van der Waals surface area contributed by atoms with Crippen LogP contribution in [0, 0.1) is 5.41 Å². The molecule has 5 heteroatoms. The average molecular weight is 399 g/mol. The Bertz CT molecular complexity index is 834. The first-order chi connectivity index (χ1) is 11.6. The van der Waals surface area contributed by atoms with E-state index in [0.29, 0.717) is 5.94 Å². The number of hydrogen-bond acceptors (Lipinski definition) is 3. The Hall–Kier alpha value is 0.906. The Balaban J connectivity index is 1.92. The van der Waals surface area contributed by atoms with E-state index in [1.165, 1.54) is 39.6 Å². The summed E-state index contributed by atoms with van der Waals surface area (Å²) in [5, 5.41) is 1.48. The third-order valence-corrected chi connectivity index (χ3v) is 16.1. The summed E-state index contributed by atoms with van der Waals surface area (Å²) in [7, 11) is 0. The fourth-order valence-corrected chi connectivity index (χ4v) is 15.3. The van der Waals surface area contributed by atoms with Crippen LogP contribution in [-0.4, -0.2) is 51.0 Å². The van der Waals surface area contributed by atoms with E-state index >= 15 is 0 Å². The van der Waals surface area contributed by atoms with Crippen LogP contribution in [0.25, 0.3) is 5.31 Å². The summed E-state index contributed by atoms with van der Waals surface area (Å²) in [5.74, 6) is -0.0939. The van der Waals surface area contributed by atoms with Crippen molar-refractivity contribution in [1.29, 1.82) is 0 Å². The van der Waals surface area contributed by atoms with Crippen molar-refractivity contribution in [3.63, 3.8) is 0 Å². The second-order valence-corrected chi connectivity index (χ2v) is 17.2. The molecule has 0 bridgehead atoms. The molecule has 1 aromatic rings. The van der Waals surface area contributed by atoms with E-state index in [2.05, 4.69) is 65.8 Å². The molecular formula is C20H24KO2PS. The zero-order chi connectivity index (χ0) is 18.0. The number of hydrogen-bond donors (Lipinski definition) is 0. The van der Waals surface area contributed by atoms with Gasteiger partial charge < -0.3 is 0 Å². The van der Waals surface area contributed by atoms with Gasteiger partial charge in [0.25, 0.3) is 0 Å². The number of benzene rings is 1. The number of rotatable bonds is 0. The van der Waals surface area contributed by atoms with E-state index in [-0.39, 0.29) is 10.8 Å². The molecular weight excluding hydrogens is 374 g/mol. The normalized spacial score (nSPS) is 26.1. The van der Waals surface area contributed by atoms with E-state index < -0.39 is 50.8 Å². The van der Waals surface area contributed by atoms with Crippen LogP contribution in [0.15, 0.2) is 29.5 Å². The molecule has 0 aromatic heterocycles. The number of allylic oxidation sites excluding steroid dienone is 1. The van der Waals surface area contributed by atoms with Crippen molar-refractivity contribution in [2.45, 2.75) is 52.7 Å². The number of fused-ring (bicyclic) bond motifs is 4. The standard InChI is InChI=1S/C20H24O2PS.K/c1-18(2,3)10-9-15-17(23)14-8-7-13(19(4,5)6)11-16(14)20(15)21-12-24-22-20;/h7-9,11H,12H2,1-6H3;. The van der Waals surface area contributed by atoms with Gasteiger partial charge in [-0.25, -0.2) is 0 Å². The Morgan fingerprint density at radius 3 is 2.48 bits per heavy atom. The fraction of sp³-hybridized carbons (Fsp3) is 0.500. The van der Waals surface area contributed by atoms with E-state index in [1.54, 1.807) is 0.828 Å². The Labute approximate surface area is 180 Å². The van der Waals surface area contributed by atoms with Crippen LogP contribution in [-0.2, 0) is 20.1 Å². The molecule has 4 radical (unpaired) electrons. The van der Waals surface area contributed by atoms with Crippen molar-refractivity contribution in [3.05, 3.63) is 46.2 Å². The van der Waals surface area contributed by atoms with Gasteiger partial charge in [-0.15, -0.1) is 0 Å². The molecule has 1 aliphatic carbocycles. The van der Waals surface area contributed by atoms with Crippen LogP contribution >= 0.6 is 13.2 Å². The topological polar surface area (TPSA) is 18.5 Å². The first kappa shape index (κ1) is 19.2. The molecule has 1 atom stereocenters. The van der Waals surface area contributed by atoms with Gasteiger partial charge in [-0.1, -0.05) is 0 Å². The molecule has 1 saturated heterocycles. The molecule has 2 nitrogen and oxygen atoms in total. The first-order valence-electron chi connectivity index (χ1n) is 9.14. The SMILES string of the molecule is CC(C)(C)[C]1=CC2=C([P]=[K]1)c1ccc(C(C)(C)C)cc1C21OCSO1. The van der Waals surface area contributed by atoms with Gasteiger partial charge in [-0.05, 0) is 0 Å². The molecule has 128 valence electrons. The van der Waals surface area contributed by atoms with E-state index in [1.807, 2.05) is 0 Å². The molecule has 1 fully saturated rings. The molecule has 25 heavy (non-hydrogen) atoms. The second kappa shape index (κ2) is 6.47. The predicted octanol–water partition coefficient (Wildman–Crippen LogP) is 6.02. The molecule has 0 amide bonds. The van der Waals surface area contributed by atoms with Gasteiger partial charge in [0.1, 0.15) is 0 Å². The van der Waals surface area contributed by atoms with Crippen LogP contribution in [0.2, 0.25) is 0 Å². The van der Waals surface area contributed by atoms with Crippen LogP contribution in [0.1, 0.15) is 58.2 Å². The van der Waals surface area contributed by atoms with Crippen LogP contribution in [0.3, 0.4) is 0 Å². The van der Waals surface area contributed by atoms with Gasteiger partial charge in [-0.2, -0.15) is 0 Å². The minimum atomic E-state index is -1.09. The Morgan fingerprint density at radius 2 is 1.88 bits per heavy atom. The maximum atomic E-state index is 6.28. The van der Waals surface area contributed by atoms with Crippen molar-refractivity contribution in [2.24, 2.45) is 5.41 Å². The second-order valence-electron chi connectivity index (χ2n) is 9.38. The van der Waals surface area contributed by atoms with E-state index in [4.69, 9.17) is 8.92 Å². The van der Waals surface area contributed by atoms with Gasteiger partial charge in [0.15, 0.2) is 0 Å². The first-order valence-corrected chi connectivity index (χ1v) is 17.1. The summed E-state index contributed by atoms with van der Waals surface area (Å²) < 4.78 is 15.8. The van der Waals surface area contributed by atoms with Gasteiger partial charge in [0, 0.05) is 0 Å². The van der Waals surface area contributed by atoms with Gasteiger partial charge in [0.2, 0.25) is 0 Å². The van der Waals surface area contributed by atoms with Crippen molar-refractivity contribution in [1.82, 2.24) is 0 Å².